The van der Waals surface area contributed by atoms with Crippen molar-refractivity contribution in [2.24, 2.45) is 0 Å². The third-order valence-corrected chi connectivity index (χ3v) is 3.05. The zero-order valence-electron chi connectivity index (χ0n) is 12.9. The SMILES string of the molecule is COc1c(O)c(C)cc(CN(C)C)c1CC=C(C)C. The molecular formula is C16H25NO2. The molecule has 0 aromatic heterocycles. The Labute approximate surface area is 116 Å². The van der Waals surface area contributed by atoms with E-state index in [9.17, 15) is 5.11 Å². The monoisotopic (exact) mass is 263 g/mol. The van der Waals surface area contributed by atoms with Gasteiger partial charge in [0.1, 0.15) is 0 Å². The van der Waals surface area contributed by atoms with Crippen LogP contribution in [0.5, 0.6) is 11.5 Å². The highest BCUT2D eigenvalue weighted by molar-refractivity contribution is 5.55. The molecule has 0 radical (unpaired) electrons. The lowest BCUT2D eigenvalue weighted by Crippen LogP contribution is -2.13. The predicted molar refractivity (Wildman–Crippen MR) is 79.9 cm³/mol. The molecule has 0 unspecified atom stereocenters. The molecule has 0 atom stereocenters. The number of methoxy groups -OCH3 is 1. The van der Waals surface area contributed by atoms with E-state index in [0.717, 1.165) is 24.1 Å². The molecule has 1 aromatic rings. The summed E-state index contributed by atoms with van der Waals surface area (Å²) in [5.41, 5.74) is 4.39. The van der Waals surface area contributed by atoms with Crippen molar-refractivity contribution >= 4 is 0 Å². The van der Waals surface area contributed by atoms with Crippen molar-refractivity contribution in [3.63, 3.8) is 0 Å². The number of phenols is 1. The standard InChI is InChI=1S/C16H25NO2/c1-11(2)7-8-14-13(10-17(4)5)9-12(3)15(18)16(14)19-6/h7,9,18H,8,10H2,1-6H3. The summed E-state index contributed by atoms with van der Waals surface area (Å²) in [6.45, 7) is 6.89. The second-order valence-electron chi connectivity index (χ2n) is 5.44. The molecule has 0 aliphatic heterocycles. The van der Waals surface area contributed by atoms with Gasteiger partial charge in [-0.15, -0.1) is 0 Å². The summed E-state index contributed by atoms with van der Waals surface area (Å²) in [7, 11) is 5.69. The smallest absolute Gasteiger partial charge is 0.164 e. The summed E-state index contributed by atoms with van der Waals surface area (Å²) in [5, 5.41) is 10.1. The van der Waals surface area contributed by atoms with Gasteiger partial charge < -0.3 is 14.7 Å². The molecule has 0 bridgehead atoms. The summed E-state index contributed by atoms with van der Waals surface area (Å²) in [6.07, 6.45) is 2.94. The zero-order chi connectivity index (χ0) is 14.6. The largest absolute Gasteiger partial charge is 0.504 e. The lowest BCUT2D eigenvalue weighted by molar-refractivity contribution is 0.362. The summed E-state index contributed by atoms with van der Waals surface area (Å²) in [5.74, 6) is 0.858. The summed E-state index contributed by atoms with van der Waals surface area (Å²) >= 11 is 0. The normalized spacial score (nSPS) is 10.7. The number of nitrogens with zero attached hydrogens (tertiary/aromatic N) is 1. The predicted octanol–water partition coefficient (Wildman–Crippen LogP) is 3.28. The molecule has 0 spiro atoms. The van der Waals surface area contributed by atoms with Gasteiger partial charge in [-0.2, -0.15) is 0 Å². The Hall–Kier alpha value is -1.48. The molecule has 1 N–H and O–H groups in total. The fourth-order valence-corrected chi connectivity index (χ4v) is 2.12. The van der Waals surface area contributed by atoms with E-state index in [2.05, 4.69) is 24.8 Å². The van der Waals surface area contributed by atoms with E-state index >= 15 is 0 Å². The maximum atomic E-state index is 10.1. The number of aromatic hydroxyl groups is 1. The van der Waals surface area contributed by atoms with Crippen molar-refractivity contribution in [1.29, 1.82) is 0 Å². The number of benzene rings is 1. The Bertz CT molecular complexity index is 472. The van der Waals surface area contributed by atoms with Gasteiger partial charge in [0.2, 0.25) is 0 Å². The van der Waals surface area contributed by atoms with Crippen LogP contribution >= 0.6 is 0 Å². The van der Waals surface area contributed by atoms with E-state index in [-0.39, 0.29) is 5.75 Å². The van der Waals surface area contributed by atoms with Crippen molar-refractivity contribution in [3.8, 4) is 11.5 Å². The number of rotatable bonds is 5. The van der Waals surface area contributed by atoms with Gasteiger partial charge in [0.15, 0.2) is 11.5 Å². The summed E-state index contributed by atoms with van der Waals surface area (Å²) < 4.78 is 5.41. The van der Waals surface area contributed by atoms with Gasteiger partial charge >= 0.3 is 0 Å². The molecule has 3 nitrogen and oxygen atoms in total. The maximum absolute atomic E-state index is 10.1. The molecular weight excluding hydrogens is 238 g/mol. The minimum Gasteiger partial charge on any atom is -0.504 e. The minimum atomic E-state index is 0.252. The molecule has 0 saturated heterocycles. The average molecular weight is 263 g/mol. The van der Waals surface area contributed by atoms with Gasteiger partial charge in [0.05, 0.1) is 7.11 Å². The minimum absolute atomic E-state index is 0.252. The lowest BCUT2D eigenvalue weighted by atomic mass is 9.98. The van der Waals surface area contributed by atoms with Gasteiger partial charge in [-0.05, 0) is 52.4 Å². The molecule has 19 heavy (non-hydrogen) atoms. The van der Waals surface area contributed by atoms with E-state index in [1.807, 2.05) is 27.1 Å². The number of hydrogen-bond donors (Lipinski definition) is 1. The van der Waals surface area contributed by atoms with Crippen LogP contribution in [0.25, 0.3) is 0 Å². The van der Waals surface area contributed by atoms with Crippen LogP contribution in [0.1, 0.15) is 30.5 Å². The van der Waals surface area contributed by atoms with Crippen LogP contribution in [0.2, 0.25) is 0 Å². The second-order valence-corrected chi connectivity index (χ2v) is 5.44. The van der Waals surface area contributed by atoms with Crippen molar-refractivity contribution in [2.45, 2.75) is 33.7 Å². The van der Waals surface area contributed by atoms with E-state index in [1.54, 1.807) is 7.11 Å². The molecule has 0 heterocycles. The Kier molecular flexibility index (Phi) is 5.43. The van der Waals surface area contributed by atoms with Crippen LogP contribution in [-0.4, -0.2) is 31.2 Å². The zero-order valence-corrected chi connectivity index (χ0v) is 12.9. The fourth-order valence-electron chi connectivity index (χ4n) is 2.12. The summed E-state index contributed by atoms with van der Waals surface area (Å²) in [4.78, 5) is 2.12. The van der Waals surface area contributed by atoms with Gasteiger partial charge in [-0.25, -0.2) is 0 Å². The van der Waals surface area contributed by atoms with Crippen LogP contribution in [0.3, 0.4) is 0 Å². The Balaban J connectivity index is 3.34. The van der Waals surface area contributed by atoms with E-state index in [0.29, 0.717) is 5.75 Å². The topological polar surface area (TPSA) is 32.7 Å². The second kappa shape index (κ2) is 6.62. The Morgan fingerprint density at radius 3 is 2.47 bits per heavy atom. The first-order valence-electron chi connectivity index (χ1n) is 6.53. The number of allylic oxidation sites excluding steroid dienone is 2. The maximum Gasteiger partial charge on any atom is 0.164 e. The van der Waals surface area contributed by atoms with Gasteiger partial charge in [-0.3, -0.25) is 0 Å². The van der Waals surface area contributed by atoms with Crippen LogP contribution in [-0.2, 0) is 13.0 Å². The molecule has 0 amide bonds. The molecule has 0 aliphatic carbocycles. The first-order chi connectivity index (χ1) is 8.86. The van der Waals surface area contributed by atoms with Crippen molar-refractivity contribution < 1.29 is 9.84 Å². The van der Waals surface area contributed by atoms with Crippen LogP contribution in [0.4, 0.5) is 0 Å². The molecule has 0 fully saturated rings. The highest BCUT2D eigenvalue weighted by Gasteiger charge is 2.16. The van der Waals surface area contributed by atoms with Crippen LogP contribution in [0.15, 0.2) is 17.7 Å². The molecule has 1 rings (SSSR count). The van der Waals surface area contributed by atoms with E-state index in [4.69, 9.17) is 4.74 Å². The highest BCUT2D eigenvalue weighted by atomic mass is 16.5. The van der Waals surface area contributed by atoms with Gasteiger partial charge in [0.25, 0.3) is 0 Å². The van der Waals surface area contributed by atoms with Gasteiger partial charge in [-0.1, -0.05) is 17.7 Å². The van der Waals surface area contributed by atoms with Crippen molar-refractivity contribution in [2.75, 3.05) is 21.2 Å². The van der Waals surface area contributed by atoms with Gasteiger partial charge in [0, 0.05) is 12.1 Å². The van der Waals surface area contributed by atoms with E-state index in [1.165, 1.54) is 11.1 Å². The highest BCUT2D eigenvalue weighted by Crippen LogP contribution is 2.37. The molecule has 3 heteroatoms. The van der Waals surface area contributed by atoms with E-state index < -0.39 is 0 Å². The van der Waals surface area contributed by atoms with Crippen molar-refractivity contribution in [3.05, 3.63) is 34.4 Å². The van der Waals surface area contributed by atoms with Crippen molar-refractivity contribution in [1.82, 2.24) is 4.90 Å². The number of hydrogen-bond acceptors (Lipinski definition) is 3. The molecule has 0 saturated carbocycles. The molecule has 1 aromatic carbocycles. The Morgan fingerprint density at radius 2 is 2.00 bits per heavy atom. The fraction of sp³-hybridized carbons (Fsp3) is 0.500. The summed E-state index contributed by atoms with van der Waals surface area (Å²) in [6, 6.07) is 2.05. The quantitative estimate of drug-likeness (QED) is 0.828. The van der Waals surface area contributed by atoms with Crippen LogP contribution in [0, 0.1) is 6.92 Å². The molecule has 0 aliphatic rings. The number of aryl methyl sites for hydroxylation is 1. The third kappa shape index (κ3) is 4.00. The average Bonchev–Trinajstić information content (AvgIpc) is 2.30. The third-order valence-electron chi connectivity index (χ3n) is 3.05. The van der Waals surface area contributed by atoms with Crippen LogP contribution < -0.4 is 4.74 Å². The first-order valence-corrected chi connectivity index (χ1v) is 6.53. The first kappa shape index (κ1) is 15.6. The molecule has 106 valence electrons. The number of ether oxygens (including phenoxy) is 1. The Morgan fingerprint density at radius 1 is 1.37 bits per heavy atom. The number of phenolic OH excluding ortho intramolecular Hbond substituents is 1. The lowest BCUT2D eigenvalue weighted by Gasteiger charge is -2.19.